The summed E-state index contributed by atoms with van der Waals surface area (Å²) in [5.41, 5.74) is 1.28. The van der Waals surface area contributed by atoms with Crippen LogP contribution in [-0.4, -0.2) is 47.1 Å². The average Bonchev–Trinajstić information content (AvgIpc) is 3.12. The second-order valence-electron chi connectivity index (χ2n) is 5.81. The first-order chi connectivity index (χ1) is 12.5. The average molecular weight is 364 g/mol. The Kier molecular flexibility index (Phi) is 5.15. The fourth-order valence-electron chi connectivity index (χ4n) is 3.02. The number of ether oxygens (including phenoxy) is 1. The lowest BCUT2D eigenvalue weighted by Gasteiger charge is -2.35. The number of H-pyrrole nitrogens is 1. The second kappa shape index (κ2) is 7.51. The van der Waals surface area contributed by atoms with Gasteiger partial charge in [0.15, 0.2) is 11.6 Å². The van der Waals surface area contributed by atoms with Crippen molar-refractivity contribution >= 4 is 12.0 Å². The molecule has 1 aliphatic heterocycles. The van der Waals surface area contributed by atoms with Crippen LogP contribution in [0.4, 0.5) is 13.6 Å². The van der Waals surface area contributed by atoms with E-state index in [1.54, 1.807) is 0 Å². The Hall–Kier alpha value is -2.97. The molecule has 0 fully saturated rings. The molecule has 3 rings (SSSR count). The number of methoxy groups -OCH3 is 1. The van der Waals surface area contributed by atoms with Gasteiger partial charge in [0, 0.05) is 30.8 Å². The number of carbonyl (C=O) groups excluding carboxylic acids is 2. The van der Waals surface area contributed by atoms with Crippen molar-refractivity contribution in [2.45, 2.75) is 18.9 Å². The summed E-state index contributed by atoms with van der Waals surface area (Å²) in [6, 6.07) is 2.49. The molecule has 138 valence electrons. The van der Waals surface area contributed by atoms with E-state index in [1.807, 2.05) is 0 Å². The zero-order valence-electron chi connectivity index (χ0n) is 14.1. The topological polar surface area (TPSA) is 87.3 Å². The van der Waals surface area contributed by atoms with E-state index < -0.39 is 29.7 Å². The number of carbonyl (C=O) groups is 2. The van der Waals surface area contributed by atoms with E-state index in [-0.39, 0.29) is 18.5 Å². The third-order valence-corrected chi connectivity index (χ3v) is 4.29. The van der Waals surface area contributed by atoms with E-state index in [9.17, 15) is 18.4 Å². The SMILES string of the molecule is COC(=O)CCNC(=O)N1CCc2[nH]cnc2[C@@H]1c1cccc(F)c1F. The number of urea groups is 1. The Morgan fingerprint density at radius 1 is 1.42 bits per heavy atom. The zero-order chi connectivity index (χ0) is 18.7. The van der Waals surface area contributed by atoms with E-state index in [1.165, 1.54) is 30.5 Å². The van der Waals surface area contributed by atoms with Crippen molar-refractivity contribution in [3.05, 3.63) is 53.1 Å². The van der Waals surface area contributed by atoms with Crippen LogP contribution in [0.15, 0.2) is 24.5 Å². The van der Waals surface area contributed by atoms with Gasteiger partial charge < -0.3 is 19.9 Å². The predicted molar refractivity (Wildman–Crippen MR) is 87.2 cm³/mol. The summed E-state index contributed by atoms with van der Waals surface area (Å²) in [5.74, 6) is -2.46. The van der Waals surface area contributed by atoms with Crippen molar-refractivity contribution in [2.24, 2.45) is 0 Å². The number of aromatic amines is 1. The summed E-state index contributed by atoms with van der Waals surface area (Å²) in [4.78, 5) is 32.3. The van der Waals surface area contributed by atoms with Crippen LogP contribution in [0, 0.1) is 11.6 Å². The minimum absolute atomic E-state index is 0.0166. The van der Waals surface area contributed by atoms with Gasteiger partial charge in [0.25, 0.3) is 0 Å². The predicted octanol–water partition coefficient (Wildman–Crippen LogP) is 1.91. The highest BCUT2D eigenvalue weighted by molar-refractivity contribution is 5.77. The maximum Gasteiger partial charge on any atom is 0.318 e. The fraction of sp³-hybridized carbons (Fsp3) is 0.353. The molecule has 0 bridgehead atoms. The lowest BCUT2D eigenvalue weighted by molar-refractivity contribution is -0.140. The molecular formula is C17H18F2N4O3. The Bertz CT molecular complexity index is 824. The highest BCUT2D eigenvalue weighted by Gasteiger charge is 2.36. The summed E-state index contributed by atoms with van der Waals surface area (Å²) in [7, 11) is 1.26. The molecule has 2 N–H and O–H groups in total. The van der Waals surface area contributed by atoms with Crippen LogP contribution in [-0.2, 0) is 16.0 Å². The van der Waals surface area contributed by atoms with Crippen LogP contribution in [0.5, 0.6) is 0 Å². The van der Waals surface area contributed by atoms with E-state index in [2.05, 4.69) is 20.0 Å². The van der Waals surface area contributed by atoms with Gasteiger partial charge in [-0.2, -0.15) is 0 Å². The number of hydrogen-bond donors (Lipinski definition) is 2. The second-order valence-corrected chi connectivity index (χ2v) is 5.81. The number of nitrogens with zero attached hydrogens (tertiary/aromatic N) is 2. The molecule has 2 heterocycles. The molecule has 1 aromatic heterocycles. The van der Waals surface area contributed by atoms with Gasteiger partial charge in [-0.25, -0.2) is 18.6 Å². The fourth-order valence-corrected chi connectivity index (χ4v) is 3.02. The van der Waals surface area contributed by atoms with E-state index in [4.69, 9.17) is 0 Å². The first-order valence-electron chi connectivity index (χ1n) is 8.10. The molecule has 2 amide bonds. The van der Waals surface area contributed by atoms with Gasteiger partial charge in [0.1, 0.15) is 6.04 Å². The molecule has 0 spiro atoms. The number of amides is 2. The first-order valence-corrected chi connectivity index (χ1v) is 8.10. The highest BCUT2D eigenvalue weighted by Crippen LogP contribution is 2.35. The zero-order valence-corrected chi connectivity index (χ0v) is 14.1. The number of nitrogens with one attached hydrogen (secondary N) is 2. The minimum Gasteiger partial charge on any atom is -0.469 e. The van der Waals surface area contributed by atoms with Crippen molar-refractivity contribution in [1.29, 1.82) is 0 Å². The molecule has 9 heteroatoms. The molecule has 0 saturated heterocycles. The Labute approximate surface area is 148 Å². The largest absolute Gasteiger partial charge is 0.469 e. The standard InChI is InChI=1S/C17H18F2N4O3/c1-26-13(24)5-7-20-17(25)23-8-6-12-15(22-9-21-12)16(23)10-3-2-4-11(18)14(10)19/h2-4,9,16H,5-8H2,1H3,(H,20,25)(H,21,22)/t16-/m0/s1. The van der Waals surface area contributed by atoms with Crippen LogP contribution < -0.4 is 5.32 Å². The molecule has 7 nitrogen and oxygen atoms in total. The van der Waals surface area contributed by atoms with Gasteiger partial charge >= 0.3 is 12.0 Å². The minimum atomic E-state index is -1.01. The highest BCUT2D eigenvalue weighted by atomic mass is 19.2. The van der Waals surface area contributed by atoms with Crippen LogP contribution in [0.3, 0.4) is 0 Å². The number of hydrogen-bond acceptors (Lipinski definition) is 4. The Balaban J connectivity index is 1.88. The molecule has 1 aliphatic rings. The van der Waals surface area contributed by atoms with Crippen molar-refractivity contribution in [3.8, 4) is 0 Å². The molecule has 26 heavy (non-hydrogen) atoms. The molecule has 1 aromatic carbocycles. The van der Waals surface area contributed by atoms with Crippen LogP contribution in [0.1, 0.15) is 29.4 Å². The van der Waals surface area contributed by atoms with Crippen molar-refractivity contribution in [1.82, 2.24) is 20.2 Å². The third kappa shape index (κ3) is 3.37. The maximum absolute atomic E-state index is 14.4. The summed E-state index contributed by atoms with van der Waals surface area (Å²) in [6.07, 6.45) is 1.99. The van der Waals surface area contributed by atoms with Crippen molar-refractivity contribution < 1.29 is 23.1 Å². The summed E-state index contributed by atoms with van der Waals surface area (Å²) >= 11 is 0. The van der Waals surface area contributed by atoms with E-state index in [0.717, 1.165) is 11.8 Å². The summed E-state index contributed by atoms with van der Waals surface area (Å²) < 4.78 is 32.6. The summed E-state index contributed by atoms with van der Waals surface area (Å²) in [5, 5.41) is 2.61. The quantitative estimate of drug-likeness (QED) is 0.812. The molecule has 0 saturated carbocycles. The number of esters is 1. The maximum atomic E-state index is 14.4. The van der Waals surface area contributed by atoms with Gasteiger partial charge in [-0.15, -0.1) is 0 Å². The number of halogens is 2. The lowest BCUT2D eigenvalue weighted by atomic mass is 9.95. The molecule has 0 radical (unpaired) electrons. The van der Waals surface area contributed by atoms with Gasteiger partial charge in [-0.05, 0) is 6.07 Å². The molecular weight excluding hydrogens is 346 g/mol. The summed E-state index contributed by atoms with van der Waals surface area (Å²) in [6.45, 7) is 0.369. The van der Waals surface area contributed by atoms with Gasteiger partial charge in [0.05, 0.1) is 25.6 Å². The van der Waals surface area contributed by atoms with Crippen molar-refractivity contribution in [3.63, 3.8) is 0 Å². The van der Waals surface area contributed by atoms with Gasteiger partial charge in [0.2, 0.25) is 0 Å². The van der Waals surface area contributed by atoms with Crippen LogP contribution >= 0.6 is 0 Å². The molecule has 0 aliphatic carbocycles. The number of aromatic nitrogens is 2. The van der Waals surface area contributed by atoms with Crippen molar-refractivity contribution in [2.75, 3.05) is 20.2 Å². The van der Waals surface area contributed by atoms with Crippen LogP contribution in [0.25, 0.3) is 0 Å². The van der Waals surface area contributed by atoms with Gasteiger partial charge in [-0.3, -0.25) is 4.79 Å². The third-order valence-electron chi connectivity index (χ3n) is 4.29. The molecule has 2 aromatic rings. The van der Waals surface area contributed by atoms with Crippen LogP contribution in [0.2, 0.25) is 0 Å². The number of benzene rings is 1. The molecule has 1 atom stereocenters. The number of fused-ring (bicyclic) bond motifs is 1. The Morgan fingerprint density at radius 2 is 2.23 bits per heavy atom. The monoisotopic (exact) mass is 364 g/mol. The number of imidazole rings is 1. The smallest absolute Gasteiger partial charge is 0.318 e. The van der Waals surface area contributed by atoms with E-state index in [0.29, 0.717) is 18.7 Å². The normalized spacial score (nSPS) is 16.1. The van der Waals surface area contributed by atoms with E-state index >= 15 is 0 Å². The molecule has 0 unspecified atom stereocenters. The number of rotatable bonds is 4. The lowest BCUT2D eigenvalue weighted by Crippen LogP contribution is -2.46. The van der Waals surface area contributed by atoms with Gasteiger partial charge in [-0.1, -0.05) is 12.1 Å². The first kappa shape index (κ1) is 17.8. The Morgan fingerprint density at radius 3 is 3.00 bits per heavy atom.